The average Bonchev–Trinajstić information content (AvgIpc) is 3.27. The number of hydrogen-bond donors (Lipinski definition) is 1. The van der Waals surface area contributed by atoms with Crippen LogP contribution in [0.2, 0.25) is 0 Å². The molecule has 2 aliphatic heterocycles. The summed E-state index contributed by atoms with van der Waals surface area (Å²) in [6.07, 6.45) is 2.77. The van der Waals surface area contributed by atoms with Gasteiger partial charge in [-0.3, -0.25) is 19.6 Å². The normalized spacial score (nSPS) is 18.4. The summed E-state index contributed by atoms with van der Waals surface area (Å²) < 4.78 is 5.94. The summed E-state index contributed by atoms with van der Waals surface area (Å²) in [7, 11) is 1.57. The maximum Gasteiger partial charge on any atom is 0.269 e. The van der Waals surface area contributed by atoms with Gasteiger partial charge in [-0.1, -0.05) is 6.07 Å². The number of rotatable bonds is 6. The number of nitrogens with one attached hydrogen (secondary N) is 1. The molecule has 0 bridgehead atoms. The Morgan fingerprint density at radius 1 is 1.22 bits per heavy atom. The van der Waals surface area contributed by atoms with Crippen molar-refractivity contribution >= 4 is 17.5 Å². The Morgan fingerprint density at radius 2 is 2.09 bits per heavy atom. The zero-order chi connectivity index (χ0) is 22.5. The molecule has 9 nitrogen and oxygen atoms in total. The first-order chi connectivity index (χ1) is 15.5. The highest BCUT2D eigenvalue weighted by Crippen LogP contribution is 2.24. The molecule has 0 aromatic carbocycles. The Labute approximate surface area is 187 Å². The number of morpholine rings is 1. The average molecular weight is 437 g/mol. The Kier molecular flexibility index (Phi) is 6.75. The van der Waals surface area contributed by atoms with Gasteiger partial charge in [-0.25, -0.2) is 4.98 Å². The zero-order valence-electron chi connectivity index (χ0n) is 18.5. The molecule has 2 amide bonds. The molecule has 0 unspecified atom stereocenters. The van der Waals surface area contributed by atoms with E-state index in [0.29, 0.717) is 38.4 Å². The van der Waals surface area contributed by atoms with Crippen molar-refractivity contribution in [1.29, 1.82) is 0 Å². The fraction of sp³-hybridized carbons (Fsp3) is 0.435. The van der Waals surface area contributed by atoms with E-state index in [2.05, 4.69) is 15.4 Å². The molecule has 1 N–H and O–H groups in total. The molecular weight excluding hydrogens is 408 g/mol. The summed E-state index contributed by atoms with van der Waals surface area (Å²) in [6.45, 7) is 5.09. The molecule has 4 rings (SSSR count). The van der Waals surface area contributed by atoms with E-state index in [1.165, 1.54) is 0 Å². The lowest BCUT2D eigenvalue weighted by atomic mass is 10.1. The van der Waals surface area contributed by atoms with Crippen LogP contribution in [0.15, 0.2) is 41.6 Å². The quantitative estimate of drug-likeness (QED) is 0.742. The Morgan fingerprint density at radius 3 is 2.81 bits per heavy atom. The Balaban J connectivity index is 1.40. The molecule has 2 aliphatic rings. The standard InChI is InChI=1S/C23H28N6O3/c1-16-8-10-29(27-16)11-9-22(30)28-12-13-32-21(15-28)19-5-3-4-18(26-19)17-6-7-20(25-14-17)23(31)24-2/h3-7,14,21H,8-13,15H2,1-2H3,(H,24,31)/t21-/m0/s1. The highest BCUT2D eigenvalue weighted by Gasteiger charge is 2.27. The van der Waals surface area contributed by atoms with Gasteiger partial charge in [0.25, 0.3) is 5.91 Å². The van der Waals surface area contributed by atoms with Gasteiger partial charge in [-0.2, -0.15) is 5.10 Å². The Hall–Kier alpha value is -3.33. The van der Waals surface area contributed by atoms with E-state index >= 15 is 0 Å². The molecule has 0 aliphatic carbocycles. The predicted octanol–water partition coefficient (Wildman–Crippen LogP) is 1.87. The van der Waals surface area contributed by atoms with E-state index in [1.807, 2.05) is 41.1 Å². The number of nitrogens with zero attached hydrogens (tertiary/aromatic N) is 5. The van der Waals surface area contributed by atoms with Gasteiger partial charge in [0.15, 0.2) is 0 Å². The number of carbonyl (C=O) groups is 2. The summed E-state index contributed by atoms with van der Waals surface area (Å²) >= 11 is 0. The van der Waals surface area contributed by atoms with Gasteiger partial charge in [0.05, 0.1) is 24.5 Å². The molecule has 32 heavy (non-hydrogen) atoms. The molecule has 168 valence electrons. The molecule has 0 spiro atoms. The summed E-state index contributed by atoms with van der Waals surface area (Å²) in [4.78, 5) is 35.3. The Bertz CT molecular complexity index is 1010. The van der Waals surface area contributed by atoms with Crippen LogP contribution in [0.4, 0.5) is 0 Å². The summed E-state index contributed by atoms with van der Waals surface area (Å²) in [6, 6.07) is 9.22. The minimum absolute atomic E-state index is 0.114. The van der Waals surface area contributed by atoms with Gasteiger partial charge in [-0.15, -0.1) is 0 Å². The van der Waals surface area contributed by atoms with E-state index in [9.17, 15) is 9.59 Å². The van der Waals surface area contributed by atoms with Crippen molar-refractivity contribution in [2.24, 2.45) is 5.10 Å². The molecular formula is C23H28N6O3. The van der Waals surface area contributed by atoms with Crippen LogP contribution in [0, 0.1) is 0 Å². The van der Waals surface area contributed by atoms with Gasteiger partial charge >= 0.3 is 0 Å². The van der Waals surface area contributed by atoms with Crippen LogP contribution in [0.1, 0.15) is 42.1 Å². The smallest absolute Gasteiger partial charge is 0.269 e. The lowest BCUT2D eigenvalue weighted by Gasteiger charge is -2.33. The van der Waals surface area contributed by atoms with Crippen LogP contribution >= 0.6 is 0 Å². The summed E-state index contributed by atoms with van der Waals surface area (Å²) in [5.41, 5.74) is 3.80. The van der Waals surface area contributed by atoms with Crippen molar-refractivity contribution in [1.82, 2.24) is 25.2 Å². The minimum Gasteiger partial charge on any atom is -0.368 e. The molecule has 0 radical (unpaired) electrons. The van der Waals surface area contributed by atoms with Gasteiger partial charge in [0.2, 0.25) is 5.91 Å². The third kappa shape index (κ3) is 5.11. The number of ether oxygens (including phenoxy) is 1. The number of aromatic nitrogens is 2. The number of amides is 2. The van der Waals surface area contributed by atoms with Gasteiger partial charge < -0.3 is 15.0 Å². The van der Waals surface area contributed by atoms with Crippen molar-refractivity contribution in [3.8, 4) is 11.3 Å². The number of carbonyl (C=O) groups excluding carboxylic acids is 2. The van der Waals surface area contributed by atoms with Crippen molar-refractivity contribution in [3.05, 3.63) is 47.9 Å². The SMILES string of the molecule is CNC(=O)c1ccc(-c2cccc([C@@H]3CN(C(=O)CCN4CCC(C)=N4)CCO3)n2)cn1. The topological polar surface area (TPSA) is 100 Å². The molecule has 9 heteroatoms. The molecule has 2 aromatic heterocycles. The van der Waals surface area contributed by atoms with Crippen LogP contribution in [-0.4, -0.2) is 77.2 Å². The van der Waals surface area contributed by atoms with Crippen LogP contribution in [0.3, 0.4) is 0 Å². The highest BCUT2D eigenvalue weighted by molar-refractivity contribution is 5.92. The first kappa shape index (κ1) is 21.9. The van der Waals surface area contributed by atoms with Crippen LogP contribution in [0.5, 0.6) is 0 Å². The van der Waals surface area contributed by atoms with E-state index < -0.39 is 0 Å². The second-order valence-corrected chi connectivity index (χ2v) is 7.95. The first-order valence-electron chi connectivity index (χ1n) is 10.9. The van der Waals surface area contributed by atoms with E-state index in [1.54, 1.807) is 19.3 Å². The van der Waals surface area contributed by atoms with E-state index in [-0.39, 0.29) is 17.9 Å². The summed E-state index contributed by atoms with van der Waals surface area (Å²) in [5.74, 6) is -0.117. The van der Waals surface area contributed by atoms with Crippen LogP contribution in [0.25, 0.3) is 11.3 Å². The molecule has 0 saturated carbocycles. The van der Waals surface area contributed by atoms with Gasteiger partial charge in [-0.05, 0) is 31.2 Å². The number of pyridine rings is 2. The third-order valence-corrected chi connectivity index (χ3v) is 5.67. The monoisotopic (exact) mass is 436 g/mol. The minimum atomic E-state index is -0.280. The molecule has 1 atom stereocenters. The van der Waals surface area contributed by atoms with Crippen molar-refractivity contribution < 1.29 is 14.3 Å². The number of hydrogen-bond acceptors (Lipinski definition) is 7. The van der Waals surface area contributed by atoms with E-state index in [4.69, 9.17) is 9.72 Å². The van der Waals surface area contributed by atoms with Crippen LogP contribution < -0.4 is 5.32 Å². The van der Waals surface area contributed by atoms with Gasteiger partial charge in [0, 0.05) is 57.0 Å². The highest BCUT2D eigenvalue weighted by atomic mass is 16.5. The van der Waals surface area contributed by atoms with Gasteiger partial charge in [0.1, 0.15) is 11.8 Å². The lowest BCUT2D eigenvalue weighted by molar-refractivity contribution is -0.139. The fourth-order valence-electron chi connectivity index (χ4n) is 3.83. The lowest BCUT2D eigenvalue weighted by Crippen LogP contribution is -2.43. The van der Waals surface area contributed by atoms with Crippen molar-refractivity contribution in [2.45, 2.75) is 25.9 Å². The summed E-state index contributed by atoms with van der Waals surface area (Å²) in [5, 5.41) is 8.97. The zero-order valence-corrected chi connectivity index (χ0v) is 18.5. The molecule has 4 heterocycles. The maximum atomic E-state index is 12.7. The molecule has 1 fully saturated rings. The van der Waals surface area contributed by atoms with Crippen molar-refractivity contribution in [2.75, 3.05) is 39.8 Å². The first-order valence-corrected chi connectivity index (χ1v) is 10.9. The fourth-order valence-corrected chi connectivity index (χ4v) is 3.83. The molecule has 2 aromatic rings. The third-order valence-electron chi connectivity index (χ3n) is 5.67. The second kappa shape index (κ2) is 9.86. The van der Waals surface area contributed by atoms with Crippen molar-refractivity contribution in [3.63, 3.8) is 0 Å². The second-order valence-electron chi connectivity index (χ2n) is 7.95. The van der Waals surface area contributed by atoms with Crippen LogP contribution in [-0.2, 0) is 9.53 Å². The maximum absolute atomic E-state index is 12.7. The predicted molar refractivity (Wildman–Crippen MR) is 120 cm³/mol. The number of hydrazone groups is 1. The molecule has 1 saturated heterocycles. The van der Waals surface area contributed by atoms with E-state index in [0.717, 1.165) is 35.6 Å². The largest absolute Gasteiger partial charge is 0.368 e.